The van der Waals surface area contributed by atoms with Crippen LogP contribution in [0, 0.1) is 57.3 Å². The van der Waals surface area contributed by atoms with Crippen molar-refractivity contribution in [3.05, 3.63) is 60.6 Å². The van der Waals surface area contributed by atoms with Crippen molar-refractivity contribution in [1.82, 2.24) is 0 Å². The number of ether oxygens (including phenoxy) is 1. The van der Waals surface area contributed by atoms with E-state index in [-0.39, 0.29) is 38.5 Å². The van der Waals surface area contributed by atoms with Gasteiger partial charge in [0.1, 0.15) is 0 Å². The van der Waals surface area contributed by atoms with Gasteiger partial charge in [0.05, 0.1) is 5.76 Å². The predicted molar refractivity (Wildman–Crippen MR) is 82.2 cm³/mol. The predicted octanol–water partition coefficient (Wildman–Crippen LogP) is 4.74. The van der Waals surface area contributed by atoms with E-state index in [1.165, 1.54) is 0 Å². The maximum atomic E-state index is 5.91. The van der Waals surface area contributed by atoms with Gasteiger partial charge >= 0.3 is 31.1 Å². The summed E-state index contributed by atoms with van der Waals surface area (Å²) in [5, 5.41) is 0.912. The van der Waals surface area contributed by atoms with Crippen LogP contribution in [0.5, 0.6) is 0 Å². The summed E-state index contributed by atoms with van der Waals surface area (Å²) in [7, 11) is 0. The van der Waals surface area contributed by atoms with Crippen molar-refractivity contribution in [3.8, 4) is 11.8 Å². The van der Waals surface area contributed by atoms with Crippen molar-refractivity contribution < 1.29 is 35.9 Å². The largest absolute Gasteiger partial charge is 2.00 e. The van der Waals surface area contributed by atoms with Crippen LogP contribution >= 0.6 is 11.6 Å². The summed E-state index contributed by atoms with van der Waals surface area (Å²) in [4.78, 5) is 0. The SMILES string of the molecule is [CH2-]COC1=CC=C(C#CC2=CC=C(Cl)CC2)CC1.[CH3-].[U+2]. The van der Waals surface area contributed by atoms with E-state index in [4.69, 9.17) is 16.3 Å². The second kappa shape index (κ2) is 10.4. The summed E-state index contributed by atoms with van der Waals surface area (Å²) in [6, 6.07) is 0. The first-order valence-electron chi connectivity index (χ1n) is 6.17. The summed E-state index contributed by atoms with van der Waals surface area (Å²) in [6.45, 7) is 4.15. The Morgan fingerprint density at radius 1 is 1.00 bits per heavy atom. The molecule has 0 atom stereocenters. The van der Waals surface area contributed by atoms with Gasteiger partial charge in [0.2, 0.25) is 0 Å². The molecule has 20 heavy (non-hydrogen) atoms. The molecule has 0 fully saturated rings. The molecule has 0 unspecified atom stereocenters. The Balaban J connectivity index is 0.00000180. The number of allylic oxidation sites excluding steroid dienone is 8. The minimum absolute atomic E-state index is 0. The smallest absolute Gasteiger partial charge is 0.530 e. The molecule has 0 aliphatic heterocycles. The Morgan fingerprint density at radius 2 is 1.60 bits per heavy atom. The monoisotopic (exact) mass is 512 g/mol. The Bertz CT molecular complexity index is 501. The van der Waals surface area contributed by atoms with Gasteiger partial charge in [0, 0.05) is 22.6 Å². The van der Waals surface area contributed by atoms with Crippen molar-refractivity contribution in [1.29, 1.82) is 0 Å². The van der Waals surface area contributed by atoms with Crippen molar-refractivity contribution in [3.63, 3.8) is 0 Å². The first kappa shape index (κ1) is 19.7. The molecule has 0 N–H and O–H groups in total. The Labute approximate surface area is 151 Å². The van der Waals surface area contributed by atoms with Crippen LogP contribution < -0.4 is 0 Å². The summed E-state index contributed by atoms with van der Waals surface area (Å²) in [5.41, 5.74) is 2.32. The molecule has 0 spiro atoms. The van der Waals surface area contributed by atoms with Crippen LogP contribution in [0.15, 0.2) is 46.2 Å². The van der Waals surface area contributed by atoms with E-state index in [2.05, 4.69) is 18.8 Å². The zero-order chi connectivity index (χ0) is 12.8. The van der Waals surface area contributed by atoms with Gasteiger partial charge in [-0.05, 0) is 50.2 Å². The molecule has 0 saturated carbocycles. The molecule has 0 aromatic rings. The fourth-order valence-corrected chi connectivity index (χ4v) is 2.01. The van der Waals surface area contributed by atoms with Gasteiger partial charge in [-0.2, -0.15) is 0 Å². The number of hydrogen-bond acceptors (Lipinski definition) is 1. The van der Waals surface area contributed by atoms with Gasteiger partial charge in [-0.15, -0.1) is 0 Å². The molecule has 2 rings (SSSR count). The molecular weight excluding hydrogens is 494 g/mol. The third-order valence-corrected chi connectivity index (χ3v) is 3.20. The Kier molecular flexibility index (Phi) is 10.2. The zero-order valence-electron chi connectivity index (χ0n) is 11.8. The second-order valence-corrected chi connectivity index (χ2v) is 4.71. The summed E-state index contributed by atoms with van der Waals surface area (Å²) in [6.07, 6.45) is 11.7. The molecule has 0 aromatic heterocycles. The van der Waals surface area contributed by atoms with Gasteiger partial charge in [-0.1, -0.05) is 23.4 Å². The minimum Gasteiger partial charge on any atom is -0.530 e. The van der Waals surface area contributed by atoms with Crippen molar-refractivity contribution in [2.75, 3.05) is 6.61 Å². The van der Waals surface area contributed by atoms with Crippen LogP contribution in [0.2, 0.25) is 0 Å². The zero-order valence-corrected chi connectivity index (χ0v) is 16.8. The standard InChI is InChI=1S/C16H16ClO.CH3.U/c1-2-18-16-11-7-14(8-12-16)4-3-13-5-9-15(17)10-6-13;;/h5,7,9,11H,1-2,6,8,10,12H2;1H3;/q2*-1;+2. The Hall–Kier alpha value is -0.338. The van der Waals surface area contributed by atoms with E-state index in [0.717, 1.165) is 47.6 Å². The van der Waals surface area contributed by atoms with Crippen LogP contribution in [0.3, 0.4) is 0 Å². The number of hydrogen-bond donors (Lipinski definition) is 0. The van der Waals surface area contributed by atoms with Gasteiger partial charge in [0.15, 0.2) is 0 Å². The van der Waals surface area contributed by atoms with E-state index in [0.29, 0.717) is 6.61 Å². The molecule has 1 nitrogen and oxygen atoms in total. The van der Waals surface area contributed by atoms with E-state index in [9.17, 15) is 0 Å². The molecule has 104 valence electrons. The van der Waals surface area contributed by atoms with Crippen LogP contribution in [-0.2, 0) is 4.74 Å². The second-order valence-electron chi connectivity index (χ2n) is 4.23. The summed E-state index contributed by atoms with van der Waals surface area (Å²) in [5.74, 6) is 7.44. The average molecular weight is 513 g/mol. The number of rotatable bonds is 2. The molecule has 0 amide bonds. The molecule has 2 aliphatic carbocycles. The summed E-state index contributed by atoms with van der Waals surface area (Å²) < 4.78 is 5.36. The van der Waals surface area contributed by atoms with Gasteiger partial charge in [-0.3, -0.25) is 0 Å². The molecule has 0 aromatic carbocycles. The normalized spacial score (nSPS) is 16.9. The minimum atomic E-state index is 0. The molecule has 3 heteroatoms. The van der Waals surface area contributed by atoms with Crippen LogP contribution in [0.25, 0.3) is 0 Å². The van der Waals surface area contributed by atoms with Gasteiger partial charge in [0.25, 0.3) is 0 Å². The van der Waals surface area contributed by atoms with Crippen LogP contribution in [0.1, 0.15) is 25.7 Å². The molecular formula is C17H19ClOU. The van der Waals surface area contributed by atoms with Gasteiger partial charge < -0.3 is 19.1 Å². The molecule has 2 aliphatic rings. The van der Waals surface area contributed by atoms with Gasteiger partial charge in [-0.25, -0.2) is 0 Å². The maximum absolute atomic E-state index is 5.91. The maximum Gasteiger partial charge on any atom is 2.00 e. The first-order chi connectivity index (χ1) is 8.78. The quantitative estimate of drug-likeness (QED) is 0.384. The first-order valence-corrected chi connectivity index (χ1v) is 6.55. The van der Waals surface area contributed by atoms with Crippen molar-refractivity contribution in [2.45, 2.75) is 25.7 Å². The molecule has 0 bridgehead atoms. The fraction of sp³-hybridized carbons (Fsp3) is 0.294. The molecule has 0 heterocycles. The van der Waals surface area contributed by atoms with E-state index < -0.39 is 0 Å². The third-order valence-electron chi connectivity index (χ3n) is 2.88. The van der Waals surface area contributed by atoms with E-state index in [1.54, 1.807) is 0 Å². The molecule has 0 radical (unpaired) electrons. The molecule has 0 saturated heterocycles. The number of halogens is 1. The third kappa shape index (κ3) is 6.41. The van der Waals surface area contributed by atoms with Crippen LogP contribution in [0.4, 0.5) is 0 Å². The Morgan fingerprint density at radius 3 is 2.05 bits per heavy atom. The van der Waals surface area contributed by atoms with E-state index in [1.807, 2.05) is 24.3 Å². The average Bonchev–Trinajstić information content (AvgIpc) is 2.40. The van der Waals surface area contributed by atoms with Crippen molar-refractivity contribution in [2.24, 2.45) is 0 Å². The topological polar surface area (TPSA) is 9.23 Å². The van der Waals surface area contributed by atoms with Crippen LogP contribution in [-0.4, -0.2) is 6.61 Å². The van der Waals surface area contributed by atoms with Crippen molar-refractivity contribution >= 4 is 11.6 Å². The summed E-state index contributed by atoms with van der Waals surface area (Å²) >= 11 is 5.91. The van der Waals surface area contributed by atoms with E-state index >= 15 is 0 Å². The fourth-order valence-electron chi connectivity index (χ4n) is 1.85.